The predicted octanol–water partition coefficient (Wildman–Crippen LogP) is 16.3. The van der Waals surface area contributed by atoms with Gasteiger partial charge in [-0.05, 0) is 133 Å². The minimum Gasteiger partial charge on any atom is -0.310 e. The zero-order valence-corrected chi connectivity index (χ0v) is 35.7. The molecule has 0 saturated heterocycles. The zero-order chi connectivity index (χ0) is 41.1. The third-order valence-electron chi connectivity index (χ3n) is 15.3. The van der Waals surface area contributed by atoms with Crippen LogP contribution in [0.2, 0.25) is 0 Å². The van der Waals surface area contributed by atoms with Crippen LogP contribution in [-0.2, 0) is 16.2 Å². The molecule has 0 atom stereocenters. The van der Waals surface area contributed by atoms with Gasteiger partial charge in [0.05, 0.1) is 5.69 Å². The number of hydrogen-bond donors (Lipinski definition) is 0. The monoisotopic (exact) mass is 785 g/mol. The molecular weight excluding hydrogens is 735 g/mol. The maximum atomic E-state index is 2.57. The first kappa shape index (κ1) is 36.4. The third-order valence-corrected chi connectivity index (χ3v) is 15.3. The van der Waals surface area contributed by atoms with Crippen LogP contribution in [-0.4, -0.2) is 0 Å². The largest absolute Gasteiger partial charge is 0.310 e. The molecule has 0 aromatic heterocycles. The standard InChI is InChI=1S/C60H51N/c1-58(2)51-23-10-6-18-45(51)48-33-29-40(37-54(48)58)43-17-9-13-26-56(43)61(42-32-34-49-46-19-8-12-25-53(46)60(55(49)38-42)35-14-5-15-36-60)41-30-27-39(28-31-41)44-21-16-22-50-47-20-7-11-24-52(47)59(3,4)57(44)50/h6-13,16-34,37-38H,5,14-15,35-36H2,1-4H3. The molecule has 0 aliphatic heterocycles. The number of rotatable bonds is 5. The first-order valence-electron chi connectivity index (χ1n) is 22.5. The van der Waals surface area contributed by atoms with E-state index in [0.29, 0.717) is 0 Å². The number of para-hydroxylation sites is 1. The Balaban J connectivity index is 1.03. The van der Waals surface area contributed by atoms with E-state index in [1.54, 1.807) is 0 Å². The summed E-state index contributed by atoms with van der Waals surface area (Å²) in [4.78, 5) is 2.54. The molecule has 8 aromatic carbocycles. The summed E-state index contributed by atoms with van der Waals surface area (Å²) < 4.78 is 0. The van der Waals surface area contributed by atoms with Crippen molar-refractivity contribution in [3.8, 4) is 55.6 Å². The molecule has 296 valence electrons. The molecule has 8 aromatic rings. The van der Waals surface area contributed by atoms with Crippen LogP contribution in [0.3, 0.4) is 0 Å². The molecule has 1 spiro atoms. The van der Waals surface area contributed by atoms with Gasteiger partial charge in [-0.25, -0.2) is 0 Å². The lowest BCUT2D eigenvalue weighted by atomic mass is 9.68. The molecule has 0 unspecified atom stereocenters. The van der Waals surface area contributed by atoms with E-state index in [-0.39, 0.29) is 16.2 Å². The van der Waals surface area contributed by atoms with Crippen molar-refractivity contribution in [1.82, 2.24) is 0 Å². The molecular formula is C60H51N. The highest BCUT2D eigenvalue weighted by Crippen LogP contribution is 2.58. The molecule has 0 N–H and O–H groups in total. The van der Waals surface area contributed by atoms with E-state index in [2.05, 4.69) is 209 Å². The van der Waals surface area contributed by atoms with E-state index in [0.717, 1.165) is 5.69 Å². The summed E-state index contributed by atoms with van der Waals surface area (Å²) in [6.45, 7) is 9.54. The summed E-state index contributed by atoms with van der Waals surface area (Å²) in [6, 6.07) is 67.1. The second kappa shape index (κ2) is 13.3. The van der Waals surface area contributed by atoms with E-state index in [9.17, 15) is 0 Å². The highest BCUT2D eigenvalue weighted by Gasteiger charge is 2.44. The first-order chi connectivity index (χ1) is 29.8. The van der Waals surface area contributed by atoms with Gasteiger partial charge in [0.1, 0.15) is 0 Å². The molecule has 0 amide bonds. The second-order valence-corrected chi connectivity index (χ2v) is 19.1. The number of nitrogens with zero attached hydrogens (tertiary/aromatic N) is 1. The Labute approximate surface area is 361 Å². The van der Waals surface area contributed by atoms with Crippen LogP contribution in [0.4, 0.5) is 17.1 Å². The number of hydrogen-bond acceptors (Lipinski definition) is 1. The van der Waals surface area contributed by atoms with Crippen molar-refractivity contribution >= 4 is 17.1 Å². The predicted molar refractivity (Wildman–Crippen MR) is 256 cm³/mol. The Hall–Kier alpha value is -6.44. The molecule has 12 rings (SSSR count). The Morgan fingerprint density at radius 1 is 0.344 bits per heavy atom. The van der Waals surface area contributed by atoms with Crippen LogP contribution in [0, 0.1) is 0 Å². The lowest BCUT2D eigenvalue weighted by Crippen LogP contribution is -2.28. The molecule has 0 radical (unpaired) electrons. The van der Waals surface area contributed by atoms with Gasteiger partial charge in [0, 0.05) is 33.2 Å². The molecule has 4 aliphatic rings. The summed E-state index contributed by atoms with van der Waals surface area (Å²) in [5.74, 6) is 0. The highest BCUT2D eigenvalue weighted by atomic mass is 15.1. The summed E-state index contributed by atoms with van der Waals surface area (Å²) in [7, 11) is 0. The number of anilines is 3. The highest BCUT2D eigenvalue weighted by molar-refractivity contribution is 5.94. The van der Waals surface area contributed by atoms with Gasteiger partial charge >= 0.3 is 0 Å². The molecule has 0 bridgehead atoms. The average Bonchev–Trinajstić information content (AvgIpc) is 3.81. The molecule has 4 aliphatic carbocycles. The van der Waals surface area contributed by atoms with E-state index in [1.165, 1.54) is 132 Å². The van der Waals surface area contributed by atoms with Gasteiger partial charge in [-0.2, -0.15) is 0 Å². The fraction of sp³-hybridized carbons (Fsp3) is 0.200. The summed E-state index contributed by atoms with van der Waals surface area (Å²) in [5.41, 5.74) is 25.4. The molecule has 0 heterocycles. The van der Waals surface area contributed by atoms with Gasteiger partial charge in [0.25, 0.3) is 0 Å². The normalized spacial score (nSPS) is 16.6. The van der Waals surface area contributed by atoms with Crippen molar-refractivity contribution in [2.45, 2.75) is 76.0 Å². The van der Waals surface area contributed by atoms with Crippen LogP contribution in [0.25, 0.3) is 55.6 Å². The summed E-state index contributed by atoms with van der Waals surface area (Å²) in [6.07, 6.45) is 6.29. The fourth-order valence-electron chi connectivity index (χ4n) is 12.4. The van der Waals surface area contributed by atoms with Gasteiger partial charge in [0.15, 0.2) is 0 Å². The van der Waals surface area contributed by atoms with E-state index >= 15 is 0 Å². The van der Waals surface area contributed by atoms with Crippen LogP contribution >= 0.6 is 0 Å². The van der Waals surface area contributed by atoms with Crippen molar-refractivity contribution < 1.29 is 0 Å². The Morgan fingerprint density at radius 3 is 1.59 bits per heavy atom. The topological polar surface area (TPSA) is 3.24 Å². The summed E-state index contributed by atoms with van der Waals surface area (Å²) in [5, 5.41) is 0. The van der Waals surface area contributed by atoms with Crippen LogP contribution in [0.15, 0.2) is 176 Å². The SMILES string of the molecule is CC1(C)c2ccccc2-c2ccc(-c3ccccc3N(c3ccc(-c4cccc5c4C(C)(C)c4ccccc4-5)cc3)c3ccc4c(c3)C3(CCCCC3)c3ccccc3-4)cc21. The van der Waals surface area contributed by atoms with Gasteiger partial charge in [0.2, 0.25) is 0 Å². The third kappa shape index (κ3) is 5.19. The maximum Gasteiger partial charge on any atom is 0.0540 e. The van der Waals surface area contributed by atoms with Gasteiger partial charge in [-0.3, -0.25) is 0 Å². The zero-order valence-electron chi connectivity index (χ0n) is 35.7. The number of benzene rings is 8. The first-order valence-corrected chi connectivity index (χ1v) is 22.5. The minimum absolute atomic E-state index is 0.0634. The molecule has 1 fully saturated rings. The fourth-order valence-corrected chi connectivity index (χ4v) is 12.4. The second-order valence-electron chi connectivity index (χ2n) is 19.1. The van der Waals surface area contributed by atoms with Crippen LogP contribution < -0.4 is 4.90 Å². The minimum atomic E-state index is -0.0883. The van der Waals surface area contributed by atoms with Crippen LogP contribution in [0.1, 0.15) is 93.2 Å². The Morgan fingerprint density at radius 2 is 0.852 bits per heavy atom. The average molecular weight is 786 g/mol. The maximum absolute atomic E-state index is 2.57. The van der Waals surface area contributed by atoms with E-state index in [4.69, 9.17) is 0 Å². The molecule has 61 heavy (non-hydrogen) atoms. The Bertz CT molecular complexity index is 3060. The van der Waals surface area contributed by atoms with Gasteiger partial charge in [-0.15, -0.1) is 0 Å². The van der Waals surface area contributed by atoms with E-state index < -0.39 is 0 Å². The number of fused-ring (bicyclic) bond motifs is 11. The van der Waals surface area contributed by atoms with Crippen molar-refractivity contribution in [2.75, 3.05) is 4.90 Å². The lowest BCUT2D eigenvalue weighted by Gasteiger charge is -2.37. The van der Waals surface area contributed by atoms with E-state index in [1.807, 2.05) is 0 Å². The quantitative estimate of drug-likeness (QED) is 0.168. The van der Waals surface area contributed by atoms with Crippen LogP contribution in [0.5, 0.6) is 0 Å². The van der Waals surface area contributed by atoms with Gasteiger partial charge in [-0.1, -0.05) is 186 Å². The summed E-state index contributed by atoms with van der Waals surface area (Å²) >= 11 is 0. The van der Waals surface area contributed by atoms with Crippen molar-refractivity contribution in [2.24, 2.45) is 0 Å². The van der Waals surface area contributed by atoms with Gasteiger partial charge < -0.3 is 4.90 Å². The molecule has 1 heteroatoms. The molecule has 1 saturated carbocycles. The lowest BCUT2D eigenvalue weighted by molar-refractivity contribution is 0.353. The van der Waals surface area contributed by atoms with Crippen molar-refractivity contribution in [3.63, 3.8) is 0 Å². The Kier molecular flexibility index (Phi) is 7.93. The molecule has 1 nitrogen and oxygen atoms in total. The van der Waals surface area contributed by atoms with Crippen molar-refractivity contribution in [3.05, 3.63) is 209 Å². The van der Waals surface area contributed by atoms with Crippen molar-refractivity contribution in [1.29, 1.82) is 0 Å². The smallest absolute Gasteiger partial charge is 0.0540 e.